The van der Waals surface area contributed by atoms with Crippen LogP contribution in [0.2, 0.25) is 0 Å². The first kappa shape index (κ1) is 14.3. The summed E-state index contributed by atoms with van der Waals surface area (Å²) in [5, 5.41) is 3.22. The van der Waals surface area contributed by atoms with Gasteiger partial charge in [-0.15, -0.1) is 0 Å². The fourth-order valence-electron chi connectivity index (χ4n) is 1.91. The van der Waals surface area contributed by atoms with Gasteiger partial charge in [0.1, 0.15) is 5.60 Å². The van der Waals surface area contributed by atoms with Crippen molar-refractivity contribution in [1.29, 1.82) is 0 Å². The van der Waals surface area contributed by atoms with E-state index in [0.29, 0.717) is 6.61 Å². The maximum atomic E-state index is 11.9. The van der Waals surface area contributed by atoms with E-state index in [1.54, 1.807) is 11.9 Å². The summed E-state index contributed by atoms with van der Waals surface area (Å²) in [6.07, 6.45) is 0.613. The SMILES string of the molecule is CNC1CCOCC1N(C)C(=O)OC(C)(C)C. The first-order valence-electron chi connectivity index (χ1n) is 6.06. The lowest BCUT2D eigenvalue weighted by molar-refractivity contribution is -0.0171. The van der Waals surface area contributed by atoms with Gasteiger partial charge in [0.15, 0.2) is 0 Å². The Morgan fingerprint density at radius 3 is 2.65 bits per heavy atom. The normalized spacial score (nSPS) is 25.5. The molecule has 1 amide bonds. The van der Waals surface area contributed by atoms with Crippen LogP contribution in [0.5, 0.6) is 0 Å². The average Bonchev–Trinajstić information content (AvgIpc) is 2.25. The van der Waals surface area contributed by atoms with Crippen LogP contribution in [0, 0.1) is 0 Å². The van der Waals surface area contributed by atoms with Crippen LogP contribution >= 0.6 is 0 Å². The molecule has 5 heteroatoms. The molecule has 0 aromatic rings. The van der Waals surface area contributed by atoms with Crippen molar-refractivity contribution in [1.82, 2.24) is 10.2 Å². The third-order valence-electron chi connectivity index (χ3n) is 2.88. The van der Waals surface area contributed by atoms with Gasteiger partial charge >= 0.3 is 6.09 Å². The highest BCUT2D eigenvalue weighted by molar-refractivity contribution is 5.68. The smallest absolute Gasteiger partial charge is 0.410 e. The largest absolute Gasteiger partial charge is 0.444 e. The second-order valence-corrected chi connectivity index (χ2v) is 5.42. The first-order valence-corrected chi connectivity index (χ1v) is 6.06. The number of rotatable bonds is 2. The van der Waals surface area contributed by atoms with Crippen molar-refractivity contribution in [2.45, 2.75) is 44.9 Å². The molecular formula is C12H24N2O3. The Labute approximate surface area is 103 Å². The molecule has 0 aliphatic carbocycles. The third-order valence-corrected chi connectivity index (χ3v) is 2.88. The summed E-state index contributed by atoms with van der Waals surface area (Å²) in [6, 6.07) is 0.296. The van der Waals surface area contributed by atoms with Gasteiger partial charge in [-0.2, -0.15) is 0 Å². The highest BCUT2D eigenvalue weighted by atomic mass is 16.6. The Balaban J connectivity index is 2.60. The number of hydrogen-bond donors (Lipinski definition) is 1. The molecule has 0 bridgehead atoms. The third kappa shape index (κ3) is 4.16. The highest BCUT2D eigenvalue weighted by Gasteiger charge is 2.32. The Kier molecular flexibility index (Phi) is 4.77. The standard InChI is InChI=1S/C12H24N2O3/c1-12(2,3)17-11(15)14(5)10-8-16-7-6-9(10)13-4/h9-10,13H,6-8H2,1-5H3. The molecule has 17 heavy (non-hydrogen) atoms. The van der Waals surface area contributed by atoms with Crippen LogP contribution in [-0.2, 0) is 9.47 Å². The van der Waals surface area contributed by atoms with Gasteiger partial charge in [-0.05, 0) is 34.2 Å². The Hall–Kier alpha value is -0.810. The van der Waals surface area contributed by atoms with E-state index in [9.17, 15) is 4.79 Å². The molecule has 0 spiro atoms. The van der Waals surface area contributed by atoms with Crippen LogP contribution in [0.3, 0.4) is 0 Å². The molecule has 100 valence electrons. The molecule has 1 N–H and O–H groups in total. The van der Waals surface area contributed by atoms with Crippen molar-refractivity contribution in [3.63, 3.8) is 0 Å². The molecule has 5 nitrogen and oxygen atoms in total. The lowest BCUT2D eigenvalue weighted by Gasteiger charge is -2.38. The van der Waals surface area contributed by atoms with Crippen LogP contribution in [-0.4, -0.2) is 56.0 Å². The zero-order valence-corrected chi connectivity index (χ0v) is 11.4. The summed E-state index contributed by atoms with van der Waals surface area (Å²) in [7, 11) is 3.67. The monoisotopic (exact) mass is 244 g/mol. The van der Waals surface area contributed by atoms with Crippen LogP contribution < -0.4 is 5.32 Å². The van der Waals surface area contributed by atoms with Crippen molar-refractivity contribution >= 4 is 6.09 Å². The van der Waals surface area contributed by atoms with E-state index < -0.39 is 5.60 Å². The molecule has 0 aromatic heterocycles. The van der Waals surface area contributed by atoms with Gasteiger partial charge in [0, 0.05) is 19.7 Å². The quantitative estimate of drug-likeness (QED) is 0.794. The number of amides is 1. The van der Waals surface area contributed by atoms with E-state index in [0.717, 1.165) is 13.0 Å². The highest BCUT2D eigenvalue weighted by Crippen LogP contribution is 2.16. The molecule has 1 rings (SSSR count). The molecule has 1 aliphatic heterocycles. The summed E-state index contributed by atoms with van der Waals surface area (Å²) < 4.78 is 10.8. The van der Waals surface area contributed by atoms with Crippen molar-refractivity contribution in [2.75, 3.05) is 27.3 Å². The van der Waals surface area contributed by atoms with Gasteiger partial charge in [-0.3, -0.25) is 0 Å². The van der Waals surface area contributed by atoms with E-state index in [2.05, 4.69) is 5.32 Å². The zero-order valence-electron chi connectivity index (χ0n) is 11.4. The predicted octanol–water partition coefficient (Wildman–Crippen LogP) is 1.23. The minimum atomic E-state index is -0.462. The van der Waals surface area contributed by atoms with Crippen LogP contribution in [0.4, 0.5) is 4.79 Å². The second kappa shape index (κ2) is 5.69. The fraction of sp³-hybridized carbons (Fsp3) is 0.917. The maximum absolute atomic E-state index is 11.9. The number of hydrogen-bond acceptors (Lipinski definition) is 4. The molecular weight excluding hydrogens is 220 g/mol. The van der Waals surface area contributed by atoms with Crippen molar-refractivity contribution in [3.05, 3.63) is 0 Å². The van der Waals surface area contributed by atoms with Gasteiger partial charge < -0.3 is 19.7 Å². The number of ether oxygens (including phenoxy) is 2. The molecule has 2 unspecified atom stereocenters. The molecule has 1 saturated heterocycles. The summed E-state index contributed by atoms with van der Waals surface area (Å²) in [5.41, 5.74) is -0.462. The minimum absolute atomic E-state index is 0.0311. The topological polar surface area (TPSA) is 50.8 Å². The lowest BCUT2D eigenvalue weighted by Crippen LogP contribution is -2.55. The molecule has 1 heterocycles. The Morgan fingerprint density at radius 2 is 2.12 bits per heavy atom. The van der Waals surface area contributed by atoms with Gasteiger partial charge in [-0.1, -0.05) is 0 Å². The van der Waals surface area contributed by atoms with Gasteiger partial charge in [0.05, 0.1) is 12.6 Å². The van der Waals surface area contributed by atoms with Crippen LogP contribution in [0.15, 0.2) is 0 Å². The summed E-state index contributed by atoms with van der Waals surface area (Å²) >= 11 is 0. The van der Waals surface area contributed by atoms with Crippen LogP contribution in [0.25, 0.3) is 0 Å². The first-order chi connectivity index (χ1) is 7.85. The fourth-order valence-corrected chi connectivity index (χ4v) is 1.91. The molecule has 0 radical (unpaired) electrons. The molecule has 1 aliphatic rings. The maximum Gasteiger partial charge on any atom is 0.410 e. The molecule has 2 atom stereocenters. The second-order valence-electron chi connectivity index (χ2n) is 5.42. The lowest BCUT2D eigenvalue weighted by atomic mass is 10.0. The van der Waals surface area contributed by atoms with Gasteiger partial charge in [0.25, 0.3) is 0 Å². The van der Waals surface area contributed by atoms with Crippen LogP contribution in [0.1, 0.15) is 27.2 Å². The van der Waals surface area contributed by atoms with Crippen molar-refractivity contribution in [3.8, 4) is 0 Å². The molecule has 0 saturated carbocycles. The molecule has 0 aromatic carbocycles. The van der Waals surface area contributed by atoms with Gasteiger partial charge in [0.2, 0.25) is 0 Å². The van der Waals surface area contributed by atoms with E-state index in [-0.39, 0.29) is 18.2 Å². The van der Waals surface area contributed by atoms with Gasteiger partial charge in [-0.25, -0.2) is 4.79 Å². The van der Waals surface area contributed by atoms with E-state index in [4.69, 9.17) is 9.47 Å². The summed E-state index contributed by atoms with van der Waals surface area (Å²) in [4.78, 5) is 13.6. The Bertz CT molecular complexity index is 263. The number of likely N-dealkylation sites (N-methyl/N-ethyl adjacent to an activating group) is 2. The van der Waals surface area contributed by atoms with Crippen molar-refractivity contribution in [2.24, 2.45) is 0 Å². The number of nitrogens with zero attached hydrogens (tertiary/aromatic N) is 1. The molecule has 1 fully saturated rings. The minimum Gasteiger partial charge on any atom is -0.444 e. The average molecular weight is 244 g/mol. The number of carbonyl (C=O) groups is 1. The summed E-state index contributed by atoms with van der Waals surface area (Å²) in [6.45, 7) is 6.90. The van der Waals surface area contributed by atoms with E-state index in [1.807, 2.05) is 27.8 Å². The number of carbonyl (C=O) groups excluding carboxylic acids is 1. The predicted molar refractivity (Wildman–Crippen MR) is 66.1 cm³/mol. The zero-order chi connectivity index (χ0) is 13.1. The van der Waals surface area contributed by atoms with Crippen molar-refractivity contribution < 1.29 is 14.3 Å². The van der Waals surface area contributed by atoms with E-state index in [1.165, 1.54) is 0 Å². The summed E-state index contributed by atoms with van der Waals surface area (Å²) in [5.74, 6) is 0. The Morgan fingerprint density at radius 1 is 1.47 bits per heavy atom. The van der Waals surface area contributed by atoms with E-state index >= 15 is 0 Å². The number of nitrogens with one attached hydrogen (secondary N) is 1.